The van der Waals surface area contributed by atoms with Crippen LogP contribution in [0.1, 0.15) is 12.5 Å². The van der Waals surface area contributed by atoms with Gasteiger partial charge in [-0.25, -0.2) is 8.42 Å². The largest absolute Gasteiger partial charge is 0.508 e. The van der Waals surface area contributed by atoms with Gasteiger partial charge in [0, 0.05) is 11.7 Å². The molecule has 0 bridgehead atoms. The van der Waals surface area contributed by atoms with Crippen molar-refractivity contribution in [3.8, 4) is 5.75 Å². The standard InChI is InChI=1S/C17H15NO4S/c1-2-11-3-6-13(7-4-11)23(21,22)16-10-18-15-8-5-12(19)9-14(15)17(16)20/h3-10,19H,2H2,1H3,(H,18,20). The third kappa shape index (κ3) is 2.61. The van der Waals surface area contributed by atoms with Crippen molar-refractivity contribution in [2.45, 2.75) is 23.1 Å². The van der Waals surface area contributed by atoms with Crippen LogP contribution in [0.5, 0.6) is 5.75 Å². The number of aromatic hydroxyl groups is 1. The quantitative estimate of drug-likeness (QED) is 0.773. The van der Waals surface area contributed by atoms with Gasteiger partial charge in [-0.2, -0.15) is 0 Å². The highest BCUT2D eigenvalue weighted by atomic mass is 32.2. The van der Waals surface area contributed by atoms with E-state index in [9.17, 15) is 18.3 Å². The highest BCUT2D eigenvalue weighted by molar-refractivity contribution is 7.91. The fraction of sp³-hybridized carbons (Fsp3) is 0.118. The van der Waals surface area contributed by atoms with Gasteiger partial charge in [-0.15, -0.1) is 0 Å². The van der Waals surface area contributed by atoms with Crippen molar-refractivity contribution < 1.29 is 13.5 Å². The summed E-state index contributed by atoms with van der Waals surface area (Å²) in [7, 11) is -3.92. The molecule has 6 heteroatoms. The maximum absolute atomic E-state index is 12.7. The van der Waals surface area contributed by atoms with Crippen molar-refractivity contribution in [3.05, 3.63) is 64.4 Å². The summed E-state index contributed by atoms with van der Waals surface area (Å²) in [6, 6.07) is 10.7. The van der Waals surface area contributed by atoms with Gasteiger partial charge in [0.1, 0.15) is 10.6 Å². The minimum absolute atomic E-state index is 0.0692. The lowest BCUT2D eigenvalue weighted by Gasteiger charge is -2.07. The van der Waals surface area contributed by atoms with Crippen LogP contribution < -0.4 is 5.43 Å². The Bertz CT molecular complexity index is 1030. The van der Waals surface area contributed by atoms with Gasteiger partial charge in [0.05, 0.1) is 10.3 Å². The Kier molecular flexibility index (Phi) is 3.69. The van der Waals surface area contributed by atoms with Crippen molar-refractivity contribution in [3.63, 3.8) is 0 Å². The van der Waals surface area contributed by atoms with Crippen LogP contribution in [0, 0.1) is 0 Å². The number of rotatable bonds is 3. The maximum atomic E-state index is 12.7. The molecule has 0 amide bonds. The number of nitrogens with one attached hydrogen (secondary N) is 1. The molecule has 23 heavy (non-hydrogen) atoms. The molecule has 0 unspecified atom stereocenters. The van der Waals surface area contributed by atoms with Crippen LogP contribution in [0.15, 0.2) is 63.2 Å². The summed E-state index contributed by atoms with van der Waals surface area (Å²) < 4.78 is 25.4. The lowest BCUT2D eigenvalue weighted by atomic mass is 10.2. The van der Waals surface area contributed by atoms with Crippen molar-refractivity contribution in [2.75, 3.05) is 0 Å². The third-order valence-electron chi connectivity index (χ3n) is 3.76. The number of H-pyrrole nitrogens is 1. The highest BCUT2D eigenvalue weighted by Gasteiger charge is 2.22. The van der Waals surface area contributed by atoms with E-state index in [-0.39, 0.29) is 20.9 Å². The van der Waals surface area contributed by atoms with Crippen LogP contribution in [0.2, 0.25) is 0 Å². The second-order valence-electron chi connectivity index (χ2n) is 5.21. The van der Waals surface area contributed by atoms with E-state index in [0.29, 0.717) is 5.52 Å². The Balaban J connectivity index is 2.21. The van der Waals surface area contributed by atoms with E-state index in [1.807, 2.05) is 6.92 Å². The van der Waals surface area contributed by atoms with Crippen LogP contribution in [0.25, 0.3) is 10.9 Å². The smallest absolute Gasteiger partial charge is 0.211 e. The Hall–Kier alpha value is -2.60. The summed E-state index contributed by atoms with van der Waals surface area (Å²) in [6.07, 6.45) is 2.00. The molecule has 0 aliphatic carbocycles. The first-order chi connectivity index (χ1) is 10.9. The molecule has 2 aromatic carbocycles. The average Bonchev–Trinajstić information content (AvgIpc) is 2.55. The van der Waals surface area contributed by atoms with Crippen LogP contribution >= 0.6 is 0 Å². The van der Waals surface area contributed by atoms with E-state index in [0.717, 1.165) is 12.0 Å². The molecule has 2 N–H and O–H groups in total. The monoisotopic (exact) mass is 329 g/mol. The molecular formula is C17H15NO4S. The fourth-order valence-electron chi connectivity index (χ4n) is 2.42. The van der Waals surface area contributed by atoms with Gasteiger partial charge in [0.15, 0.2) is 0 Å². The fourth-order valence-corrected chi connectivity index (χ4v) is 3.73. The van der Waals surface area contributed by atoms with Crippen molar-refractivity contribution in [2.24, 2.45) is 0 Å². The van der Waals surface area contributed by atoms with E-state index >= 15 is 0 Å². The van der Waals surface area contributed by atoms with E-state index in [1.54, 1.807) is 12.1 Å². The molecule has 0 aliphatic heterocycles. The number of sulfone groups is 1. The Morgan fingerprint density at radius 2 is 1.78 bits per heavy atom. The highest BCUT2D eigenvalue weighted by Crippen LogP contribution is 2.21. The molecule has 0 aliphatic rings. The second kappa shape index (κ2) is 5.55. The van der Waals surface area contributed by atoms with Crippen LogP contribution in [0.4, 0.5) is 0 Å². The molecule has 0 saturated heterocycles. The number of fused-ring (bicyclic) bond motifs is 1. The zero-order valence-corrected chi connectivity index (χ0v) is 13.2. The number of hydrogen-bond donors (Lipinski definition) is 2. The number of pyridine rings is 1. The zero-order chi connectivity index (χ0) is 16.6. The van der Waals surface area contributed by atoms with Crippen LogP contribution in [-0.2, 0) is 16.3 Å². The molecule has 5 nitrogen and oxygen atoms in total. The number of aryl methyl sites for hydroxylation is 1. The number of hydrogen-bond acceptors (Lipinski definition) is 4. The van der Waals surface area contributed by atoms with E-state index in [2.05, 4.69) is 4.98 Å². The van der Waals surface area contributed by atoms with Crippen molar-refractivity contribution >= 4 is 20.7 Å². The Morgan fingerprint density at radius 1 is 1.09 bits per heavy atom. The van der Waals surface area contributed by atoms with E-state index < -0.39 is 15.3 Å². The average molecular weight is 329 g/mol. The van der Waals surface area contributed by atoms with E-state index in [4.69, 9.17) is 0 Å². The van der Waals surface area contributed by atoms with Crippen LogP contribution in [-0.4, -0.2) is 18.5 Å². The SMILES string of the molecule is CCc1ccc(S(=O)(=O)c2c[nH]c3ccc(O)cc3c2=O)cc1. The molecule has 0 atom stereocenters. The summed E-state index contributed by atoms with van der Waals surface area (Å²) >= 11 is 0. The Labute approximate surface area is 133 Å². The summed E-state index contributed by atoms with van der Waals surface area (Å²) in [6.45, 7) is 1.98. The molecule has 3 rings (SSSR count). The minimum Gasteiger partial charge on any atom is -0.508 e. The molecule has 1 aromatic heterocycles. The third-order valence-corrected chi connectivity index (χ3v) is 5.54. The van der Waals surface area contributed by atoms with Crippen LogP contribution in [0.3, 0.4) is 0 Å². The van der Waals surface area contributed by atoms with Crippen molar-refractivity contribution in [1.82, 2.24) is 4.98 Å². The number of aromatic nitrogens is 1. The zero-order valence-electron chi connectivity index (χ0n) is 12.4. The summed E-state index contributed by atoms with van der Waals surface area (Å²) in [5.74, 6) is -0.0927. The van der Waals surface area contributed by atoms with Gasteiger partial charge >= 0.3 is 0 Å². The minimum atomic E-state index is -3.92. The molecule has 0 fully saturated rings. The molecule has 118 valence electrons. The van der Waals surface area contributed by atoms with E-state index in [1.165, 1.54) is 36.5 Å². The van der Waals surface area contributed by atoms with Gasteiger partial charge < -0.3 is 10.1 Å². The second-order valence-corrected chi connectivity index (χ2v) is 7.13. The molecule has 1 heterocycles. The first kappa shape index (κ1) is 15.3. The molecule has 0 spiro atoms. The summed E-state index contributed by atoms with van der Waals surface area (Å²) in [5, 5.41) is 9.66. The summed E-state index contributed by atoms with van der Waals surface area (Å²) in [5.41, 5.74) is 0.851. The first-order valence-electron chi connectivity index (χ1n) is 7.12. The predicted octanol–water partition coefficient (Wildman–Crippen LogP) is 2.63. The van der Waals surface area contributed by atoms with Gasteiger partial charge in [0.25, 0.3) is 0 Å². The van der Waals surface area contributed by atoms with Gasteiger partial charge in [-0.1, -0.05) is 19.1 Å². The van der Waals surface area contributed by atoms with Crippen molar-refractivity contribution in [1.29, 1.82) is 0 Å². The van der Waals surface area contributed by atoms with Gasteiger partial charge in [-0.3, -0.25) is 4.79 Å². The predicted molar refractivity (Wildman–Crippen MR) is 87.5 cm³/mol. The molecule has 0 saturated carbocycles. The Morgan fingerprint density at radius 3 is 2.43 bits per heavy atom. The summed E-state index contributed by atoms with van der Waals surface area (Å²) in [4.78, 5) is 15.0. The topological polar surface area (TPSA) is 87.2 Å². The van der Waals surface area contributed by atoms with Gasteiger partial charge in [-0.05, 0) is 42.3 Å². The molecular weight excluding hydrogens is 314 g/mol. The number of phenolic OH excluding ortho intramolecular Hbond substituents is 1. The molecule has 0 radical (unpaired) electrons. The number of phenols is 1. The first-order valence-corrected chi connectivity index (χ1v) is 8.60. The molecule has 3 aromatic rings. The number of aromatic amines is 1. The lowest BCUT2D eigenvalue weighted by molar-refractivity contribution is 0.476. The number of benzene rings is 2. The lowest BCUT2D eigenvalue weighted by Crippen LogP contribution is -2.16. The maximum Gasteiger partial charge on any atom is 0.211 e. The normalized spacial score (nSPS) is 11.7. The van der Waals surface area contributed by atoms with Gasteiger partial charge in [0.2, 0.25) is 15.3 Å².